The molecule has 1 saturated carbocycles. The largest absolute Gasteiger partial charge is 0.314 e. The van der Waals surface area contributed by atoms with Crippen molar-refractivity contribution in [3.05, 3.63) is 35.4 Å². The molecular formula is C17H24F2N2. The zero-order chi connectivity index (χ0) is 14.7. The van der Waals surface area contributed by atoms with Crippen molar-refractivity contribution in [1.29, 1.82) is 0 Å². The van der Waals surface area contributed by atoms with E-state index >= 15 is 0 Å². The van der Waals surface area contributed by atoms with Crippen LogP contribution in [-0.2, 0) is 0 Å². The molecule has 2 aliphatic rings. The van der Waals surface area contributed by atoms with Crippen LogP contribution in [0.3, 0.4) is 0 Å². The second kappa shape index (κ2) is 6.84. The molecule has 0 aromatic heterocycles. The van der Waals surface area contributed by atoms with Gasteiger partial charge in [-0.3, -0.25) is 4.90 Å². The minimum Gasteiger partial charge on any atom is -0.314 e. The fraction of sp³-hybridized carbons (Fsp3) is 0.647. The van der Waals surface area contributed by atoms with E-state index in [0.717, 1.165) is 39.0 Å². The number of rotatable bonds is 3. The van der Waals surface area contributed by atoms with Gasteiger partial charge in [0, 0.05) is 37.8 Å². The van der Waals surface area contributed by atoms with E-state index in [-0.39, 0.29) is 17.7 Å². The third-order valence-corrected chi connectivity index (χ3v) is 4.92. The maximum atomic E-state index is 14.3. The SMILES string of the molecule is Fc1ccc(F)c([C@@H](C2CCCCC2)N2CCNCC2)c1. The van der Waals surface area contributed by atoms with Crippen LogP contribution in [0.15, 0.2) is 18.2 Å². The Bertz CT molecular complexity index is 448. The Balaban J connectivity index is 1.91. The zero-order valence-corrected chi connectivity index (χ0v) is 12.5. The van der Waals surface area contributed by atoms with Crippen LogP contribution >= 0.6 is 0 Å². The summed E-state index contributed by atoms with van der Waals surface area (Å²) in [5.74, 6) is -0.138. The first-order valence-electron chi connectivity index (χ1n) is 8.15. The van der Waals surface area contributed by atoms with Crippen LogP contribution in [0.5, 0.6) is 0 Å². The predicted octanol–water partition coefficient (Wildman–Crippen LogP) is 3.49. The summed E-state index contributed by atoms with van der Waals surface area (Å²) in [6.45, 7) is 3.69. The summed E-state index contributed by atoms with van der Waals surface area (Å²) in [4.78, 5) is 2.35. The van der Waals surface area contributed by atoms with E-state index in [1.165, 1.54) is 37.5 Å². The van der Waals surface area contributed by atoms with Gasteiger partial charge in [0.15, 0.2) is 0 Å². The predicted molar refractivity (Wildman–Crippen MR) is 80.1 cm³/mol. The quantitative estimate of drug-likeness (QED) is 0.918. The van der Waals surface area contributed by atoms with Gasteiger partial charge in [-0.15, -0.1) is 0 Å². The number of benzene rings is 1. The van der Waals surface area contributed by atoms with Gasteiger partial charge in [-0.2, -0.15) is 0 Å². The number of piperazine rings is 1. The van der Waals surface area contributed by atoms with Gasteiger partial charge in [0.25, 0.3) is 0 Å². The van der Waals surface area contributed by atoms with Crippen LogP contribution in [0, 0.1) is 17.6 Å². The van der Waals surface area contributed by atoms with Crippen LogP contribution < -0.4 is 5.32 Å². The molecule has 0 unspecified atom stereocenters. The van der Waals surface area contributed by atoms with Crippen LogP contribution in [0.25, 0.3) is 0 Å². The van der Waals surface area contributed by atoms with E-state index in [9.17, 15) is 8.78 Å². The van der Waals surface area contributed by atoms with Crippen LogP contribution in [-0.4, -0.2) is 31.1 Å². The molecule has 21 heavy (non-hydrogen) atoms. The Kier molecular flexibility index (Phi) is 4.86. The molecule has 1 aromatic carbocycles. The third kappa shape index (κ3) is 3.43. The molecule has 1 heterocycles. The molecule has 2 fully saturated rings. The van der Waals surface area contributed by atoms with Gasteiger partial charge in [0.05, 0.1) is 0 Å². The summed E-state index contributed by atoms with van der Waals surface area (Å²) >= 11 is 0. The Labute approximate surface area is 125 Å². The van der Waals surface area contributed by atoms with Gasteiger partial charge < -0.3 is 5.32 Å². The maximum Gasteiger partial charge on any atom is 0.128 e. The Morgan fingerprint density at radius 1 is 1.05 bits per heavy atom. The van der Waals surface area contributed by atoms with Crippen LogP contribution in [0.4, 0.5) is 8.78 Å². The number of halogens is 2. The van der Waals surface area contributed by atoms with Crippen molar-refractivity contribution in [3.63, 3.8) is 0 Å². The second-order valence-electron chi connectivity index (χ2n) is 6.29. The molecule has 1 aromatic rings. The fourth-order valence-corrected chi connectivity index (χ4v) is 3.90. The van der Waals surface area contributed by atoms with Crippen LogP contribution in [0.1, 0.15) is 43.7 Å². The minimum absolute atomic E-state index is 0.0306. The summed E-state index contributed by atoms with van der Waals surface area (Å²) in [5, 5.41) is 3.34. The van der Waals surface area contributed by atoms with E-state index in [2.05, 4.69) is 10.2 Å². The highest BCUT2D eigenvalue weighted by atomic mass is 19.1. The maximum absolute atomic E-state index is 14.3. The molecule has 1 N–H and O–H groups in total. The van der Waals surface area contributed by atoms with Crippen molar-refractivity contribution in [1.82, 2.24) is 10.2 Å². The second-order valence-corrected chi connectivity index (χ2v) is 6.29. The number of nitrogens with zero attached hydrogens (tertiary/aromatic N) is 1. The summed E-state index contributed by atoms with van der Waals surface area (Å²) in [6.07, 6.45) is 5.96. The van der Waals surface area contributed by atoms with Gasteiger partial charge in [0.1, 0.15) is 11.6 Å². The molecule has 4 heteroatoms. The Morgan fingerprint density at radius 2 is 1.76 bits per heavy atom. The summed E-state index contributed by atoms with van der Waals surface area (Å²) < 4.78 is 28.0. The minimum atomic E-state index is -0.331. The zero-order valence-electron chi connectivity index (χ0n) is 12.5. The van der Waals surface area contributed by atoms with Gasteiger partial charge in [-0.05, 0) is 37.0 Å². The third-order valence-electron chi connectivity index (χ3n) is 4.92. The van der Waals surface area contributed by atoms with E-state index in [1.807, 2.05) is 0 Å². The number of hydrogen-bond donors (Lipinski definition) is 1. The van der Waals surface area contributed by atoms with Crippen molar-refractivity contribution in [2.24, 2.45) is 5.92 Å². The average molecular weight is 294 g/mol. The van der Waals surface area contributed by atoms with Gasteiger partial charge >= 0.3 is 0 Å². The van der Waals surface area contributed by atoms with Crippen molar-refractivity contribution < 1.29 is 8.78 Å². The topological polar surface area (TPSA) is 15.3 Å². The molecule has 0 amide bonds. The van der Waals surface area contributed by atoms with Crippen molar-refractivity contribution >= 4 is 0 Å². The fourth-order valence-electron chi connectivity index (χ4n) is 3.90. The lowest BCUT2D eigenvalue weighted by molar-refractivity contribution is 0.100. The summed E-state index contributed by atoms with van der Waals surface area (Å²) in [6, 6.07) is 3.94. The Morgan fingerprint density at radius 3 is 2.48 bits per heavy atom. The van der Waals surface area contributed by atoms with Crippen molar-refractivity contribution in [2.75, 3.05) is 26.2 Å². The molecule has 0 bridgehead atoms. The van der Waals surface area contributed by atoms with E-state index < -0.39 is 0 Å². The van der Waals surface area contributed by atoms with Gasteiger partial charge in [-0.25, -0.2) is 8.78 Å². The Hall–Kier alpha value is -1.00. The van der Waals surface area contributed by atoms with Crippen LogP contribution in [0.2, 0.25) is 0 Å². The molecule has 1 aliphatic carbocycles. The highest BCUT2D eigenvalue weighted by Crippen LogP contribution is 2.39. The highest BCUT2D eigenvalue weighted by molar-refractivity contribution is 5.23. The summed E-state index contributed by atoms with van der Waals surface area (Å²) in [5.41, 5.74) is 0.559. The average Bonchev–Trinajstić information content (AvgIpc) is 2.53. The molecule has 1 aliphatic heterocycles. The first-order chi connectivity index (χ1) is 10.3. The first-order valence-corrected chi connectivity index (χ1v) is 8.15. The van der Waals surface area contributed by atoms with Gasteiger partial charge in [0.2, 0.25) is 0 Å². The molecule has 0 radical (unpaired) electrons. The molecule has 1 atom stereocenters. The lowest BCUT2D eigenvalue weighted by Gasteiger charge is -2.41. The molecule has 0 spiro atoms. The standard InChI is InChI=1S/C17H24F2N2/c18-14-6-7-16(19)15(12-14)17(13-4-2-1-3-5-13)21-10-8-20-9-11-21/h6-7,12-13,17,20H,1-5,8-11H2/t17-/m1/s1. The molecule has 2 nitrogen and oxygen atoms in total. The highest BCUT2D eigenvalue weighted by Gasteiger charge is 2.32. The monoisotopic (exact) mass is 294 g/mol. The van der Waals surface area contributed by atoms with E-state index in [4.69, 9.17) is 0 Å². The first kappa shape index (κ1) is 14.9. The lowest BCUT2D eigenvalue weighted by Crippen LogP contribution is -2.47. The number of hydrogen-bond acceptors (Lipinski definition) is 2. The normalized spacial score (nSPS) is 23.1. The summed E-state index contributed by atoms with van der Waals surface area (Å²) in [7, 11) is 0. The van der Waals surface area contributed by atoms with Crippen molar-refractivity contribution in [3.8, 4) is 0 Å². The number of nitrogens with one attached hydrogen (secondary N) is 1. The smallest absolute Gasteiger partial charge is 0.128 e. The molecule has 3 rings (SSSR count). The molecular weight excluding hydrogens is 270 g/mol. The molecule has 116 valence electrons. The van der Waals surface area contributed by atoms with Crippen molar-refractivity contribution in [2.45, 2.75) is 38.1 Å². The molecule has 1 saturated heterocycles. The van der Waals surface area contributed by atoms with Gasteiger partial charge in [-0.1, -0.05) is 19.3 Å². The van der Waals surface area contributed by atoms with E-state index in [1.54, 1.807) is 0 Å². The van der Waals surface area contributed by atoms with E-state index in [0.29, 0.717) is 11.5 Å². The lowest BCUT2D eigenvalue weighted by atomic mass is 9.80.